The van der Waals surface area contributed by atoms with E-state index in [0.29, 0.717) is 0 Å². The Morgan fingerprint density at radius 2 is 1.86 bits per heavy atom. The smallest absolute Gasteiger partial charge is 0.342 e. The summed E-state index contributed by atoms with van der Waals surface area (Å²) in [6, 6.07) is 0. The van der Waals surface area contributed by atoms with Crippen LogP contribution in [0.2, 0.25) is 0 Å². The van der Waals surface area contributed by atoms with Gasteiger partial charge in [-0.15, -0.1) is 0 Å². The van der Waals surface area contributed by atoms with Gasteiger partial charge in [0.1, 0.15) is 18.8 Å². The molecule has 0 aromatic carbocycles. The Bertz CT molecular complexity index is 1020. The molecule has 0 aromatic rings. The zero-order valence-corrected chi connectivity index (χ0v) is 19.8. The van der Waals surface area contributed by atoms with Crippen LogP contribution in [0.15, 0.2) is 0 Å². The van der Waals surface area contributed by atoms with Gasteiger partial charge in [0.15, 0.2) is 17.8 Å². The minimum atomic E-state index is -2.34. The van der Waals surface area contributed by atoms with E-state index in [4.69, 9.17) is 18.9 Å². The van der Waals surface area contributed by atoms with Gasteiger partial charge in [-0.1, -0.05) is 20.8 Å². The summed E-state index contributed by atoms with van der Waals surface area (Å²) in [7, 11) is 0. The number of aliphatic carboxylic acids is 2. The number of fused-ring (bicyclic) bond motifs is 1. The molecule has 3 saturated heterocycles. The summed E-state index contributed by atoms with van der Waals surface area (Å²) in [5.41, 5.74) is -8.80. The van der Waals surface area contributed by atoms with Crippen molar-refractivity contribution in [3.8, 4) is 0 Å². The molecule has 4 N–H and O–H groups in total. The van der Waals surface area contributed by atoms with Crippen LogP contribution in [-0.4, -0.2) is 93.1 Å². The van der Waals surface area contributed by atoms with Gasteiger partial charge in [0.25, 0.3) is 0 Å². The predicted molar refractivity (Wildman–Crippen MR) is 111 cm³/mol. The first-order valence-corrected chi connectivity index (χ1v) is 11.7. The third-order valence-electron chi connectivity index (χ3n) is 9.42. The van der Waals surface area contributed by atoms with Crippen molar-refractivity contribution in [1.29, 1.82) is 0 Å². The Kier molecular flexibility index (Phi) is 4.83. The van der Waals surface area contributed by atoms with Crippen molar-refractivity contribution < 1.29 is 58.6 Å². The second-order valence-corrected chi connectivity index (χ2v) is 11.5. The molecule has 194 valence electrons. The zero-order chi connectivity index (χ0) is 25.9. The van der Waals surface area contributed by atoms with Crippen LogP contribution in [0, 0.1) is 28.1 Å². The third kappa shape index (κ3) is 2.33. The predicted octanol–water partition coefficient (Wildman–Crippen LogP) is -0.669. The lowest BCUT2D eigenvalue weighted by atomic mass is 9.46. The van der Waals surface area contributed by atoms with Crippen LogP contribution in [0.1, 0.15) is 40.5 Å². The molecule has 5 rings (SSSR count). The average Bonchev–Trinajstić information content (AvgIpc) is 3.34. The highest BCUT2D eigenvalue weighted by Crippen LogP contribution is 2.81. The highest BCUT2D eigenvalue weighted by atomic mass is 16.6. The maximum atomic E-state index is 13.6. The first-order valence-electron chi connectivity index (χ1n) is 11.7. The molecule has 0 aromatic heterocycles. The maximum absolute atomic E-state index is 13.6. The molecule has 1 spiro atoms. The summed E-state index contributed by atoms with van der Waals surface area (Å²) in [5, 5.41) is 43.6. The van der Waals surface area contributed by atoms with Crippen LogP contribution in [0.4, 0.5) is 0 Å². The van der Waals surface area contributed by atoms with Crippen molar-refractivity contribution in [3.05, 3.63) is 0 Å². The number of rotatable bonds is 5. The van der Waals surface area contributed by atoms with Crippen molar-refractivity contribution >= 4 is 23.9 Å². The van der Waals surface area contributed by atoms with Crippen molar-refractivity contribution in [2.75, 3.05) is 13.2 Å². The molecule has 5 fully saturated rings. The second kappa shape index (κ2) is 6.93. The van der Waals surface area contributed by atoms with Gasteiger partial charge in [0.2, 0.25) is 5.60 Å². The summed E-state index contributed by atoms with van der Waals surface area (Å²) < 4.78 is 22.8. The number of carboxylic acids is 2. The van der Waals surface area contributed by atoms with Crippen LogP contribution in [0.25, 0.3) is 0 Å². The third-order valence-corrected chi connectivity index (χ3v) is 9.42. The lowest BCUT2D eigenvalue weighted by Gasteiger charge is -2.60. The average molecular weight is 498 g/mol. The van der Waals surface area contributed by atoms with Crippen molar-refractivity contribution in [2.24, 2.45) is 28.1 Å². The summed E-state index contributed by atoms with van der Waals surface area (Å²) in [6.07, 6.45) is -6.13. The number of hydrogen-bond donors (Lipinski definition) is 4. The molecule has 12 heteroatoms. The quantitative estimate of drug-likeness (QED) is 0.351. The number of hydrogen-bond acceptors (Lipinski definition) is 10. The van der Waals surface area contributed by atoms with Gasteiger partial charge in [-0.05, 0) is 31.1 Å². The monoisotopic (exact) mass is 498 g/mol. The number of carboxylic acid groups (broad SMARTS) is 2. The molecule has 0 radical (unpaired) electrons. The lowest BCUT2D eigenvalue weighted by molar-refractivity contribution is -0.290. The maximum Gasteiger partial charge on any atom is 0.342 e. The van der Waals surface area contributed by atoms with E-state index < -0.39 is 94.2 Å². The highest BCUT2D eigenvalue weighted by Gasteiger charge is 2.98. The van der Waals surface area contributed by atoms with Gasteiger partial charge in [-0.25, -0.2) is 14.4 Å². The first-order chi connectivity index (χ1) is 16.2. The van der Waals surface area contributed by atoms with Crippen LogP contribution < -0.4 is 0 Å². The van der Waals surface area contributed by atoms with E-state index in [1.165, 1.54) is 6.92 Å². The minimum Gasteiger partial charge on any atom is -0.480 e. The molecule has 3 unspecified atom stereocenters. The van der Waals surface area contributed by atoms with Gasteiger partial charge in [-0.2, -0.15) is 0 Å². The summed E-state index contributed by atoms with van der Waals surface area (Å²) in [5.74, 6) is -6.58. The van der Waals surface area contributed by atoms with E-state index in [-0.39, 0.29) is 19.4 Å². The van der Waals surface area contributed by atoms with Crippen LogP contribution in [-0.2, 0) is 38.1 Å². The Morgan fingerprint density at radius 1 is 1.20 bits per heavy atom. The minimum absolute atomic E-state index is 0.0252. The van der Waals surface area contributed by atoms with Gasteiger partial charge in [0, 0.05) is 12.0 Å². The second-order valence-electron chi connectivity index (χ2n) is 11.5. The largest absolute Gasteiger partial charge is 0.480 e. The fourth-order valence-corrected chi connectivity index (χ4v) is 8.54. The van der Waals surface area contributed by atoms with E-state index in [9.17, 15) is 39.6 Å². The number of ether oxygens (including phenoxy) is 4. The number of esters is 2. The Balaban J connectivity index is 1.85. The van der Waals surface area contributed by atoms with Crippen LogP contribution >= 0.6 is 0 Å². The molecule has 35 heavy (non-hydrogen) atoms. The summed E-state index contributed by atoms with van der Waals surface area (Å²) in [6.45, 7) is 5.80. The Labute approximate surface area is 200 Å². The molecular formula is C23H30O12. The highest BCUT2D eigenvalue weighted by molar-refractivity contribution is 5.92. The number of carbonyl (C=O) groups is 4. The van der Waals surface area contributed by atoms with Crippen molar-refractivity contribution in [2.45, 2.75) is 76.2 Å². The molecule has 10 atom stereocenters. The van der Waals surface area contributed by atoms with Crippen LogP contribution in [0.5, 0.6) is 0 Å². The zero-order valence-electron chi connectivity index (χ0n) is 19.8. The van der Waals surface area contributed by atoms with Crippen molar-refractivity contribution in [1.82, 2.24) is 0 Å². The topological polar surface area (TPSA) is 186 Å². The van der Waals surface area contributed by atoms with E-state index >= 15 is 0 Å². The van der Waals surface area contributed by atoms with Crippen LogP contribution in [0.3, 0.4) is 0 Å². The summed E-state index contributed by atoms with van der Waals surface area (Å²) >= 11 is 0. The molecule has 3 heterocycles. The fraction of sp³-hybridized carbons (Fsp3) is 0.826. The molecule has 12 nitrogen and oxygen atoms in total. The number of aliphatic hydroxyl groups is 2. The Morgan fingerprint density at radius 3 is 2.43 bits per heavy atom. The normalized spacial score (nSPS) is 48.6. The summed E-state index contributed by atoms with van der Waals surface area (Å²) in [4.78, 5) is 50.3. The van der Waals surface area contributed by atoms with E-state index in [1.807, 2.05) is 20.8 Å². The lowest BCUT2D eigenvalue weighted by Crippen LogP contribution is -2.75. The van der Waals surface area contributed by atoms with Crippen molar-refractivity contribution in [3.63, 3.8) is 0 Å². The van der Waals surface area contributed by atoms with E-state index in [0.717, 1.165) is 0 Å². The Hall–Kier alpha value is -2.28. The molecule has 3 aliphatic heterocycles. The number of carbonyl (C=O) groups excluding carboxylic acids is 2. The SMILES string of the molecule is CC1C(=O)O[C@H]2[C@H](O)[C@@]34C5C[C@@H](C(C)(C)C)C3([C@@H](OCC(=O)O)C(=O)O)CCO[C@@]4(C(=O)O5)[C@@]12O. The molecule has 2 saturated carbocycles. The molecule has 5 aliphatic rings. The molecule has 2 aliphatic carbocycles. The van der Waals surface area contributed by atoms with Gasteiger partial charge < -0.3 is 39.4 Å². The van der Waals surface area contributed by atoms with Gasteiger partial charge >= 0.3 is 23.9 Å². The number of aliphatic hydroxyl groups excluding tert-OH is 1. The molecular weight excluding hydrogens is 468 g/mol. The van der Waals surface area contributed by atoms with E-state index in [2.05, 4.69) is 0 Å². The standard InChI is InChI=1S/C23H30O12/c1-9-17(29)35-14-13(26)21-11-7-10(19(2,3)4)20(21,15(16(27)28)32-8-12(24)25)5-6-33-23(21,18(30)34-11)22(9,14)31/h9-11,13-15,26,31H,5-8H2,1-4H3,(H,24,25)(H,27,28)/t9?,10-,11?,13-,14-,15-,20?,21-,22+,23+/m0/s1. The van der Waals surface area contributed by atoms with E-state index in [1.54, 1.807) is 0 Å². The van der Waals surface area contributed by atoms with Gasteiger partial charge in [0.05, 0.1) is 11.3 Å². The first kappa shape index (κ1) is 24.4. The fourth-order valence-electron chi connectivity index (χ4n) is 8.54. The molecule has 0 bridgehead atoms. The molecule has 0 amide bonds. The van der Waals surface area contributed by atoms with Gasteiger partial charge in [-0.3, -0.25) is 4.79 Å².